The van der Waals surface area contributed by atoms with Crippen molar-refractivity contribution in [3.63, 3.8) is 0 Å². The number of amides is 1. The lowest BCUT2D eigenvalue weighted by atomic mass is 10.1. The number of aromatic nitrogens is 5. The van der Waals surface area contributed by atoms with E-state index in [1.807, 2.05) is 6.07 Å². The third-order valence-electron chi connectivity index (χ3n) is 5.23. The first kappa shape index (κ1) is 21.7. The smallest absolute Gasteiger partial charge is 0.377 e. The maximum absolute atomic E-state index is 13.1. The Balaban J connectivity index is 1.44. The minimum absolute atomic E-state index is 0.0293. The van der Waals surface area contributed by atoms with Crippen molar-refractivity contribution in [2.24, 2.45) is 0 Å². The number of alkyl halides is 3. The van der Waals surface area contributed by atoms with Gasteiger partial charge in [-0.15, -0.1) is 0 Å². The predicted molar refractivity (Wildman–Crippen MR) is 116 cm³/mol. The zero-order valence-electron chi connectivity index (χ0n) is 17.5. The molecule has 172 valence electrons. The topological polar surface area (TPSA) is 94.8 Å². The number of hydrogen-bond donors (Lipinski definition) is 1. The molecule has 1 fully saturated rings. The molecule has 1 aliphatic heterocycles. The van der Waals surface area contributed by atoms with Crippen LogP contribution in [-0.4, -0.2) is 43.9 Å². The van der Waals surface area contributed by atoms with Crippen LogP contribution in [0, 0.1) is 0 Å². The maximum Gasteiger partial charge on any atom is 0.417 e. The standard InChI is InChI=1S/C23H17F3N6O2/c24-23(25,26)15-8-14(9-27-10-15)17-5-3-6-19(29-17)22(33)30-20-11-32(16-12-34-13-16)31-21(20)18-4-1-2-7-28-18/h1-11,16H,12-13H2,(H,30,33). The van der Waals surface area contributed by atoms with Crippen LogP contribution in [0.1, 0.15) is 22.1 Å². The average molecular weight is 466 g/mol. The molecule has 0 radical (unpaired) electrons. The summed E-state index contributed by atoms with van der Waals surface area (Å²) >= 11 is 0. The van der Waals surface area contributed by atoms with Crippen molar-refractivity contribution < 1.29 is 22.7 Å². The molecule has 4 aromatic heterocycles. The third kappa shape index (κ3) is 4.37. The Morgan fingerprint density at radius 1 is 1.09 bits per heavy atom. The first-order valence-corrected chi connectivity index (χ1v) is 10.3. The van der Waals surface area contributed by atoms with Crippen molar-refractivity contribution in [3.05, 3.63) is 78.5 Å². The van der Waals surface area contributed by atoms with Gasteiger partial charge in [-0.2, -0.15) is 18.3 Å². The number of ether oxygens (including phenoxy) is 1. The van der Waals surface area contributed by atoms with Crippen LogP contribution in [0.15, 0.2) is 67.3 Å². The van der Waals surface area contributed by atoms with Crippen molar-refractivity contribution in [2.75, 3.05) is 18.5 Å². The fourth-order valence-electron chi connectivity index (χ4n) is 3.38. The Labute approximate surface area is 191 Å². The molecule has 34 heavy (non-hydrogen) atoms. The third-order valence-corrected chi connectivity index (χ3v) is 5.23. The van der Waals surface area contributed by atoms with Crippen molar-refractivity contribution in [1.82, 2.24) is 24.7 Å². The lowest BCUT2D eigenvalue weighted by Gasteiger charge is -2.25. The van der Waals surface area contributed by atoms with Gasteiger partial charge in [0.25, 0.3) is 5.91 Å². The highest BCUT2D eigenvalue weighted by Gasteiger charge is 2.31. The molecular weight excluding hydrogens is 449 g/mol. The maximum atomic E-state index is 13.1. The number of nitrogens with one attached hydrogen (secondary N) is 1. The molecule has 5 rings (SSSR count). The Morgan fingerprint density at radius 2 is 1.91 bits per heavy atom. The van der Waals surface area contributed by atoms with Crippen molar-refractivity contribution in [2.45, 2.75) is 12.2 Å². The van der Waals surface area contributed by atoms with Crippen LogP contribution in [0.4, 0.5) is 18.9 Å². The summed E-state index contributed by atoms with van der Waals surface area (Å²) in [6, 6.07) is 10.9. The Hall–Kier alpha value is -4.12. The first-order chi connectivity index (χ1) is 16.4. The monoisotopic (exact) mass is 466 g/mol. The molecule has 11 heteroatoms. The van der Waals surface area contributed by atoms with Crippen LogP contribution in [0.25, 0.3) is 22.6 Å². The molecule has 5 heterocycles. The van der Waals surface area contributed by atoms with E-state index in [9.17, 15) is 18.0 Å². The molecule has 0 aliphatic carbocycles. The zero-order chi connectivity index (χ0) is 23.7. The molecular formula is C23H17F3N6O2. The van der Waals surface area contributed by atoms with Crippen LogP contribution < -0.4 is 5.32 Å². The minimum Gasteiger partial charge on any atom is -0.377 e. The van der Waals surface area contributed by atoms with Gasteiger partial charge in [-0.3, -0.25) is 19.4 Å². The molecule has 0 saturated carbocycles. The molecule has 4 aromatic rings. The summed E-state index contributed by atoms with van der Waals surface area (Å²) < 4.78 is 46.1. The summed E-state index contributed by atoms with van der Waals surface area (Å²) in [5.41, 5.74) is 0.974. The van der Waals surface area contributed by atoms with E-state index in [4.69, 9.17) is 4.74 Å². The number of pyridine rings is 3. The molecule has 0 atom stereocenters. The van der Waals surface area contributed by atoms with Crippen LogP contribution in [0.5, 0.6) is 0 Å². The van der Waals surface area contributed by atoms with E-state index < -0.39 is 17.6 Å². The predicted octanol–water partition coefficient (Wildman–Crippen LogP) is 4.24. The quantitative estimate of drug-likeness (QED) is 0.473. The van der Waals surface area contributed by atoms with E-state index in [1.54, 1.807) is 35.3 Å². The first-order valence-electron chi connectivity index (χ1n) is 10.3. The number of nitrogens with zero attached hydrogens (tertiary/aromatic N) is 5. The number of halogens is 3. The highest BCUT2D eigenvalue weighted by atomic mass is 19.4. The number of hydrogen-bond acceptors (Lipinski definition) is 6. The summed E-state index contributed by atoms with van der Waals surface area (Å²) in [5, 5.41) is 7.37. The summed E-state index contributed by atoms with van der Waals surface area (Å²) in [5.74, 6) is -0.539. The lowest BCUT2D eigenvalue weighted by molar-refractivity contribution is -0.137. The van der Waals surface area contributed by atoms with Crippen molar-refractivity contribution in [1.29, 1.82) is 0 Å². The molecule has 0 aromatic carbocycles. The lowest BCUT2D eigenvalue weighted by Crippen LogP contribution is -2.30. The minimum atomic E-state index is -4.54. The molecule has 8 nitrogen and oxygen atoms in total. The number of carbonyl (C=O) groups is 1. The van der Waals surface area contributed by atoms with E-state index in [0.717, 1.165) is 12.3 Å². The van der Waals surface area contributed by atoms with Crippen LogP contribution in [0.3, 0.4) is 0 Å². The van der Waals surface area contributed by atoms with Gasteiger partial charge >= 0.3 is 6.18 Å². The average Bonchev–Trinajstić information content (AvgIpc) is 3.21. The van der Waals surface area contributed by atoms with E-state index in [0.29, 0.717) is 30.3 Å². The summed E-state index contributed by atoms with van der Waals surface area (Å²) in [7, 11) is 0. The second-order valence-electron chi connectivity index (χ2n) is 7.60. The zero-order valence-corrected chi connectivity index (χ0v) is 17.5. The van der Waals surface area contributed by atoms with E-state index in [1.165, 1.54) is 18.3 Å². The summed E-state index contributed by atoms with van der Waals surface area (Å²) in [6.45, 7) is 1.04. The highest BCUT2D eigenvalue weighted by molar-refractivity contribution is 6.04. The van der Waals surface area contributed by atoms with Gasteiger partial charge in [-0.05, 0) is 30.3 Å². The van der Waals surface area contributed by atoms with Crippen LogP contribution in [-0.2, 0) is 10.9 Å². The van der Waals surface area contributed by atoms with Crippen molar-refractivity contribution >= 4 is 11.6 Å². The van der Waals surface area contributed by atoms with Gasteiger partial charge in [0.1, 0.15) is 11.4 Å². The van der Waals surface area contributed by atoms with Gasteiger partial charge < -0.3 is 10.1 Å². The van der Waals surface area contributed by atoms with Crippen LogP contribution >= 0.6 is 0 Å². The summed E-state index contributed by atoms with van der Waals surface area (Å²) in [6.07, 6.45) is 0.800. The molecule has 1 aliphatic rings. The van der Waals surface area contributed by atoms with Gasteiger partial charge in [0.15, 0.2) is 0 Å². The molecule has 1 amide bonds. The number of carbonyl (C=O) groups excluding carboxylic acids is 1. The Bertz CT molecular complexity index is 1340. The van der Waals surface area contributed by atoms with Crippen LogP contribution in [0.2, 0.25) is 0 Å². The number of anilines is 1. The fourth-order valence-corrected chi connectivity index (χ4v) is 3.38. The van der Waals surface area contributed by atoms with E-state index in [2.05, 4.69) is 25.4 Å². The van der Waals surface area contributed by atoms with Gasteiger partial charge in [-0.25, -0.2) is 4.98 Å². The second-order valence-corrected chi connectivity index (χ2v) is 7.60. The molecule has 0 spiro atoms. The number of rotatable bonds is 5. The SMILES string of the molecule is O=C(Nc1cn(C2COC2)nc1-c1ccccn1)c1cccc(-c2cncc(C(F)(F)F)c2)n1. The Morgan fingerprint density at radius 3 is 2.62 bits per heavy atom. The van der Waals surface area contributed by atoms with Gasteiger partial charge in [-0.1, -0.05) is 12.1 Å². The molecule has 1 N–H and O–H groups in total. The fraction of sp³-hybridized carbons (Fsp3) is 0.174. The van der Waals surface area contributed by atoms with Gasteiger partial charge in [0.2, 0.25) is 0 Å². The van der Waals surface area contributed by atoms with Gasteiger partial charge in [0, 0.05) is 30.4 Å². The van der Waals surface area contributed by atoms with E-state index >= 15 is 0 Å². The largest absolute Gasteiger partial charge is 0.417 e. The second kappa shape index (κ2) is 8.67. The van der Waals surface area contributed by atoms with Crippen molar-refractivity contribution in [3.8, 4) is 22.6 Å². The highest BCUT2D eigenvalue weighted by Crippen LogP contribution is 2.31. The molecule has 1 saturated heterocycles. The van der Waals surface area contributed by atoms with E-state index in [-0.39, 0.29) is 23.0 Å². The summed E-state index contributed by atoms with van der Waals surface area (Å²) in [4.78, 5) is 25.2. The molecule has 0 unspecified atom stereocenters. The molecule has 0 bridgehead atoms. The normalized spacial score (nSPS) is 14.0. The van der Waals surface area contributed by atoms with Gasteiger partial charge in [0.05, 0.1) is 41.9 Å². The Kier molecular flexibility index (Phi) is 5.54.